The Morgan fingerprint density at radius 1 is 0.929 bits per heavy atom. The summed E-state index contributed by atoms with van der Waals surface area (Å²) in [5, 5.41) is 28.5. The van der Waals surface area contributed by atoms with Crippen LogP contribution >= 0.6 is 0 Å². The van der Waals surface area contributed by atoms with E-state index >= 15 is 0 Å². The highest BCUT2D eigenvalue weighted by Gasteiger charge is 2.65. The predicted octanol–water partition coefficient (Wildman–Crippen LogP) is 5.57. The minimum absolute atomic E-state index is 0.0252. The van der Waals surface area contributed by atoms with Gasteiger partial charge in [0, 0.05) is 12.8 Å². The molecule has 0 bridgehead atoms. The molecule has 7 nitrogen and oxygen atoms in total. The van der Waals surface area contributed by atoms with Crippen molar-refractivity contribution >= 4 is 11.9 Å². The molecule has 3 N–H and O–H groups in total. The first kappa shape index (κ1) is 33.5. The number of halogens is 3. The largest absolute Gasteiger partial charge is 0.463 e. The van der Waals surface area contributed by atoms with Gasteiger partial charge in [0.1, 0.15) is 18.8 Å². The van der Waals surface area contributed by atoms with Gasteiger partial charge < -0.3 is 24.8 Å². The van der Waals surface area contributed by atoms with E-state index in [2.05, 4.69) is 20.8 Å². The maximum atomic E-state index is 13.7. The summed E-state index contributed by atoms with van der Waals surface area (Å²) in [5.74, 6) is 0.898. The third kappa shape index (κ3) is 6.37. The summed E-state index contributed by atoms with van der Waals surface area (Å²) in [6.45, 7) is 7.90. The van der Waals surface area contributed by atoms with Gasteiger partial charge in [-0.05, 0) is 117 Å². The molecule has 0 aromatic carbocycles. The van der Waals surface area contributed by atoms with Gasteiger partial charge in [-0.15, -0.1) is 0 Å². The molecule has 0 amide bonds. The molecule has 4 rings (SSSR count). The molecule has 1 unspecified atom stereocenters. The van der Waals surface area contributed by atoms with E-state index in [4.69, 9.17) is 14.6 Å². The number of aliphatic hydroxyl groups excluding tert-OH is 2. The molecule has 0 saturated heterocycles. The number of carbonyl (C=O) groups excluding carboxylic acids is 2. The monoisotopic (exact) mass is 604 g/mol. The van der Waals surface area contributed by atoms with E-state index in [9.17, 15) is 33.0 Å². The number of aliphatic hydroxyl groups is 3. The number of rotatable bonds is 10. The first-order chi connectivity index (χ1) is 19.6. The van der Waals surface area contributed by atoms with Crippen molar-refractivity contribution in [2.24, 2.45) is 46.3 Å². The van der Waals surface area contributed by atoms with Gasteiger partial charge >= 0.3 is 18.1 Å². The summed E-state index contributed by atoms with van der Waals surface area (Å²) in [6, 6.07) is 0. The van der Waals surface area contributed by atoms with Gasteiger partial charge in [-0.2, -0.15) is 13.2 Å². The van der Waals surface area contributed by atoms with E-state index in [1.165, 1.54) is 0 Å². The molecule has 11 atom stereocenters. The van der Waals surface area contributed by atoms with Gasteiger partial charge in [0.25, 0.3) is 0 Å². The summed E-state index contributed by atoms with van der Waals surface area (Å²) in [7, 11) is 0. The molecule has 4 fully saturated rings. The van der Waals surface area contributed by atoms with Crippen molar-refractivity contribution < 1.29 is 47.6 Å². The molecule has 0 heterocycles. The molecule has 0 aromatic rings. The molecule has 0 radical (unpaired) electrons. The average Bonchev–Trinajstić information content (AvgIpc) is 3.28. The van der Waals surface area contributed by atoms with Gasteiger partial charge in [-0.3, -0.25) is 9.59 Å². The van der Waals surface area contributed by atoms with Crippen LogP contribution in [0.3, 0.4) is 0 Å². The zero-order chi connectivity index (χ0) is 31.1. The number of fused-ring (bicyclic) bond motifs is 5. The van der Waals surface area contributed by atoms with Gasteiger partial charge in [0.2, 0.25) is 0 Å². The van der Waals surface area contributed by atoms with Gasteiger partial charge in [-0.25, -0.2) is 0 Å². The number of hydrogen-bond donors (Lipinski definition) is 3. The number of hydrogen-bond acceptors (Lipinski definition) is 7. The summed E-state index contributed by atoms with van der Waals surface area (Å²) in [5.41, 5.74) is -2.63. The molecule has 0 aromatic heterocycles. The SMILES string of the molecule is C[C@@H]([C@H]1CC[C@H]2[C@@H]3CC[C@@H]4C[C@@](O)(C(F)(F)F)CC[C@]4(C)[C@H]3CC[C@]12C)[C@@H](C)OC(=O)CCCC(=O)OCC(O)CO. The van der Waals surface area contributed by atoms with Crippen molar-refractivity contribution in [3.63, 3.8) is 0 Å². The van der Waals surface area contributed by atoms with E-state index in [1.807, 2.05) is 6.92 Å². The second-order valence-electron chi connectivity index (χ2n) is 14.5. The standard InChI is InChI=1S/C32H51F3O7/c1-19(20(2)42-28(39)7-5-6-27(38)41-18-22(37)17-36)24-10-11-25-23-9-8-21-16-31(40,32(33,34)35)15-14-29(21,3)26(23)12-13-30(24,25)4/h19-26,36-37,40H,5-18H2,1-4H3/t19-,20-,21-,22?,23+,24-,25+,26+,29+,30-,31-/m1/s1. The third-order valence-corrected chi connectivity index (χ3v) is 12.4. The number of ether oxygens (including phenoxy) is 2. The maximum Gasteiger partial charge on any atom is 0.417 e. The minimum Gasteiger partial charge on any atom is -0.463 e. The maximum absolute atomic E-state index is 13.7. The predicted molar refractivity (Wildman–Crippen MR) is 149 cm³/mol. The zero-order valence-corrected chi connectivity index (χ0v) is 25.6. The molecule has 242 valence electrons. The lowest BCUT2D eigenvalue weighted by molar-refractivity contribution is -0.290. The van der Waals surface area contributed by atoms with Crippen molar-refractivity contribution in [1.29, 1.82) is 0 Å². The number of alkyl halides is 3. The molecule has 10 heteroatoms. The zero-order valence-electron chi connectivity index (χ0n) is 25.6. The normalized spacial score (nSPS) is 40.2. The fourth-order valence-corrected chi connectivity index (χ4v) is 9.80. The summed E-state index contributed by atoms with van der Waals surface area (Å²) < 4.78 is 51.7. The van der Waals surface area contributed by atoms with Crippen LogP contribution < -0.4 is 0 Å². The Labute approximate surface area is 247 Å². The van der Waals surface area contributed by atoms with Crippen LogP contribution in [0.15, 0.2) is 0 Å². The fourth-order valence-electron chi connectivity index (χ4n) is 9.80. The Hall–Kier alpha value is -1.39. The van der Waals surface area contributed by atoms with Crippen LogP contribution in [0.4, 0.5) is 13.2 Å². The van der Waals surface area contributed by atoms with Crippen LogP contribution in [0.2, 0.25) is 0 Å². The van der Waals surface area contributed by atoms with E-state index in [0.717, 1.165) is 38.5 Å². The molecule has 42 heavy (non-hydrogen) atoms. The highest BCUT2D eigenvalue weighted by Crippen LogP contribution is 2.69. The Kier molecular flexibility index (Phi) is 10.0. The van der Waals surface area contributed by atoms with Crippen LogP contribution in [0.5, 0.6) is 0 Å². The van der Waals surface area contributed by atoms with Crippen LogP contribution in [-0.2, 0) is 19.1 Å². The fraction of sp³-hybridized carbons (Fsp3) is 0.938. The Bertz CT molecular complexity index is 974. The van der Waals surface area contributed by atoms with Crippen LogP contribution in [-0.4, -0.2) is 64.5 Å². The Morgan fingerprint density at radius 3 is 2.26 bits per heavy atom. The van der Waals surface area contributed by atoms with E-state index in [1.54, 1.807) is 0 Å². The Morgan fingerprint density at radius 2 is 1.60 bits per heavy atom. The Balaban J connectivity index is 1.31. The second kappa shape index (κ2) is 12.5. The summed E-state index contributed by atoms with van der Waals surface area (Å²) >= 11 is 0. The summed E-state index contributed by atoms with van der Waals surface area (Å²) in [6.07, 6.45) is 0.289. The molecule has 4 saturated carbocycles. The minimum atomic E-state index is -4.58. The topological polar surface area (TPSA) is 113 Å². The smallest absolute Gasteiger partial charge is 0.417 e. The van der Waals surface area contributed by atoms with Crippen LogP contribution in [0, 0.1) is 46.3 Å². The molecular weight excluding hydrogens is 553 g/mol. The lowest BCUT2D eigenvalue weighted by atomic mass is 9.43. The highest BCUT2D eigenvalue weighted by molar-refractivity contribution is 5.72. The second-order valence-corrected chi connectivity index (χ2v) is 14.5. The van der Waals surface area contributed by atoms with Crippen molar-refractivity contribution in [2.75, 3.05) is 13.2 Å². The quantitative estimate of drug-likeness (QED) is 0.279. The lowest BCUT2D eigenvalue weighted by Gasteiger charge is -2.62. The van der Waals surface area contributed by atoms with Crippen molar-refractivity contribution in [1.82, 2.24) is 0 Å². The molecule has 4 aliphatic carbocycles. The van der Waals surface area contributed by atoms with Crippen LogP contribution in [0.1, 0.15) is 105 Å². The first-order valence-electron chi connectivity index (χ1n) is 16.0. The van der Waals surface area contributed by atoms with Gasteiger partial charge in [0.05, 0.1) is 6.61 Å². The first-order valence-corrected chi connectivity index (χ1v) is 16.0. The molecule has 0 aliphatic heterocycles. The van der Waals surface area contributed by atoms with Crippen molar-refractivity contribution in [3.05, 3.63) is 0 Å². The van der Waals surface area contributed by atoms with E-state index in [-0.39, 0.29) is 73.5 Å². The van der Waals surface area contributed by atoms with Gasteiger partial charge in [-0.1, -0.05) is 20.8 Å². The molecule has 4 aliphatic rings. The highest BCUT2D eigenvalue weighted by atomic mass is 19.4. The van der Waals surface area contributed by atoms with Crippen molar-refractivity contribution in [2.45, 2.75) is 129 Å². The van der Waals surface area contributed by atoms with Crippen molar-refractivity contribution in [3.8, 4) is 0 Å². The van der Waals surface area contributed by atoms with E-state index < -0.39 is 30.5 Å². The summed E-state index contributed by atoms with van der Waals surface area (Å²) in [4.78, 5) is 24.3. The number of carbonyl (C=O) groups is 2. The van der Waals surface area contributed by atoms with Crippen LogP contribution in [0.25, 0.3) is 0 Å². The van der Waals surface area contributed by atoms with E-state index in [0.29, 0.717) is 30.1 Å². The van der Waals surface area contributed by atoms with Gasteiger partial charge in [0.15, 0.2) is 5.60 Å². The number of esters is 2. The molecule has 0 spiro atoms. The molecular formula is C32H51F3O7. The average molecular weight is 605 g/mol. The third-order valence-electron chi connectivity index (χ3n) is 12.4. The lowest BCUT2D eigenvalue weighted by Crippen LogP contribution is -2.59.